The van der Waals surface area contributed by atoms with Crippen LogP contribution in [0.25, 0.3) is 21.5 Å². The highest BCUT2D eigenvalue weighted by molar-refractivity contribution is 7.18. The molecule has 168 valence electrons. The number of para-hydroxylation sites is 1. The van der Waals surface area contributed by atoms with Gasteiger partial charge in [-0.1, -0.05) is 54.6 Å². The number of rotatable bonds is 7. The number of nitrogens with zero attached hydrogens (tertiary/aromatic N) is 3. The van der Waals surface area contributed by atoms with Crippen LogP contribution in [0, 0.1) is 5.92 Å². The predicted octanol–water partition coefficient (Wildman–Crippen LogP) is 5.83. The second-order valence-corrected chi connectivity index (χ2v) is 9.75. The van der Waals surface area contributed by atoms with Crippen LogP contribution in [0.5, 0.6) is 0 Å². The number of thiazole rings is 1. The molecule has 0 saturated heterocycles. The molecule has 0 fully saturated rings. The van der Waals surface area contributed by atoms with Crippen molar-refractivity contribution in [2.24, 2.45) is 5.92 Å². The summed E-state index contributed by atoms with van der Waals surface area (Å²) in [6.45, 7) is 0.727. The number of fused-ring (bicyclic) bond motifs is 1. The number of nitrogens with one attached hydrogen (secondary N) is 1. The fraction of sp³-hybridized carbons (Fsp3) is 0.296. The van der Waals surface area contributed by atoms with Gasteiger partial charge in [0.05, 0.1) is 26.8 Å². The van der Waals surface area contributed by atoms with E-state index in [1.807, 2.05) is 42.3 Å². The molecule has 0 aliphatic heterocycles. The first-order valence-electron chi connectivity index (χ1n) is 11.5. The maximum absolute atomic E-state index is 13.4. The third-order valence-corrected chi connectivity index (χ3v) is 7.56. The molecule has 0 radical (unpaired) electrons. The minimum Gasteiger partial charge on any atom is -0.345 e. The zero-order valence-corrected chi connectivity index (χ0v) is 19.6. The van der Waals surface area contributed by atoms with Crippen molar-refractivity contribution in [2.75, 3.05) is 13.6 Å². The topological polar surface area (TPSA) is 61.9 Å². The van der Waals surface area contributed by atoms with Gasteiger partial charge in [0.2, 0.25) is 5.91 Å². The molecule has 2 unspecified atom stereocenters. The molecule has 2 aromatic heterocycles. The fourth-order valence-corrected chi connectivity index (χ4v) is 5.70. The molecule has 2 heterocycles. The van der Waals surface area contributed by atoms with Crippen LogP contribution in [0.3, 0.4) is 0 Å². The van der Waals surface area contributed by atoms with E-state index in [0.29, 0.717) is 0 Å². The van der Waals surface area contributed by atoms with Gasteiger partial charge in [-0.15, -0.1) is 11.3 Å². The van der Waals surface area contributed by atoms with Crippen LogP contribution in [0.1, 0.15) is 35.9 Å². The zero-order chi connectivity index (χ0) is 22.6. The third-order valence-electron chi connectivity index (χ3n) is 6.39. The summed E-state index contributed by atoms with van der Waals surface area (Å²) in [4.78, 5) is 20.1. The molecule has 0 saturated carbocycles. The molecule has 1 amide bonds. The Balaban J connectivity index is 1.20. The molecule has 1 aliphatic rings. The van der Waals surface area contributed by atoms with E-state index < -0.39 is 0 Å². The average molecular weight is 457 g/mol. The van der Waals surface area contributed by atoms with Crippen molar-refractivity contribution in [1.82, 2.24) is 20.1 Å². The Hall–Kier alpha value is -3.25. The van der Waals surface area contributed by atoms with Gasteiger partial charge in [0, 0.05) is 30.8 Å². The number of aryl methyl sites for hydroxylation is 1. The molecular weight excluding hydrogens is 428 g/mol. The molecule has 33 heavy (non-hydrogen) atoms. The van der Waals surface area contributed by atoms with Gasteiger partial charge in [0.1, 0.15) is 0 Å². The van der Waals surface area contributed by atoms with E-state index in [1.165, 1.54) is 4.70 Å². The zero-order valence-electron chi connectivity index (χ0n) is 18.8. The lowest BCUT2D eigenvalue weighted by Crippen LogP contribution is -2.37. The van der Waals surface area contributed by atoms with Gasteiger partial charge in [0.25, 0.3) is 0 Å². The molecular formula is C27H28N4OS. The van der Waals surface area contributed by atoms with Crippen LogP contribution in [-0.4, -0.2) is 39.6 Å². The van der Waals surface area contributed by atoms with Crippen molar-refractivity contribution in [1.29, 1.82) is 0 Å². The number of amides is 1. The van der Waals surface area contributed by atoms with Crippen molar-refractivity contribution in [2.45, 2.75) is 31.6 Å². The van der Waals surface area contributed by atoms with Crippen LogP contribution in [0.2, 0.25) is 0 Å². The van der Waals surface area contributed by atoms with E-state index in [9.17, 15) is 4.79 Å². The smallest absolute Gasteiger partial charge is 0.226 e. The Labute approximate surface area is 198 Å². The number of aromatic nitrogens is 3. The van der Waals surface area contributed by atoms with Crippen LogP contribution >= 0.6 is 11.3 Å². The van der Waals surface area contributed by atoms with Crippen LogP contribution in [-0.2, 0) is 11.2 Å². The van der Waals surface area contributed by atoms with Gasteiger partial charge in [-0.3, -0.25) is 9.89 Å². The summed E-state index contributed by atoms with van der Waals surface area (Å²) >= 11 is 1.73. The number of benzene rings is 2. The molecule has 0 spiro atoms. The molecule has 1 aliphatic carbocycles. The van der Waals surface area contributed by atoms with E-state index >= 15 is 0 Å². The van der Waals surface area contributed by atoms with E-state index in [-0.39, 0.29) is 17.7 Å². The largest absolute Gasteiger partial charge is 0.345 e. The summed E-state index contributed by atoms with van der Waals surface area (Å²) in [5.74, 6) is 0.332. The van der Waals surface area contributed by atoms with Gasteiger partial charge in [0.15, 0.2) is 0 Å². The molecule has 5 nitrogen and oxygen atoms in total. The first-order valence-corrected chi connectivity index (χ1v) is 12.4. The van der Waals surface area contributed by atoms with Gasteiger partial charge < -0.3 is 4.90 Å². The summed E-state index contributed by atoms with van der Waals surface area (Å²) in [5, 5.41) is 8.66. The summed E-state index contributed by atoms with van der Waals surface area (Å²) in [6.07, 6.45) is 7.76. The highest BCUT2D eigenvalue weighted by Gasteiger charge is 2.33. The predicted molar refractivity (Wildman–Crippen MR) is 134 cm³/mol. The van der Waals surface area contributed by atoms with Crippen molar-refractivity contribution in [3.63, 3.8) is 0 Å². The van der Waals surface area contributed by atoms with Gasteiger partial charge in [-0.25, -0.2) is 4.98 Å². The van der Waals surface area contributed by atoms with Crippen LogP contribution < -0.4 is 0 Å². The Kier molecular flexibility index (Phi) is 6.35. The standard InChI is InChI=1S/C27H28N4OS/c1-31(17-9-12-20-18-24(30-29-20)19-10-3-2-4-11-19)27(32)22-14-6-5-13-21(22)26-28-23-15-7-8-16-25(23)33-26/h2-8,10-11,15-16,18,21-22H,9,12-14,17H2,1H3,(H,29,30). The lowest BCUT2D eigenvalue weighted by atomic mass is 9.82. The summed E-state index contributed by atoms with van der Waals surface area (Å²) in [6, 6.07) is 20.5. The fourth-order valence-electron chi connectivity index (χ4n) is 4.56. The minimum absolute atomic E-state index is 0.0441. The van der Waals surface area contributed by atoms with Crippen molar-refractivity contribution >= 4 is 27.5 Å². The molecule has 1 N–H and O–H groups in total. The quantitative estimate of drug-likeness (QED) is 0.356. The maximum atomic E-state index is 13.4. The highest BCUT2D eigenvalue weighted by Crippen LogP contribution is 2.39. The van der Waals surface area contributed by atoms with Gasteiger partial charge in [-0.2, -0.15) is 5.10 Å². The molecule has 0 bridgehead atoms. The summed E-state index contributed by atoms with van der Waals surface area (Å²) in [7, 11) is 1.93. The second kappa shape index (κ2) is 9.71. The lowest BCUT2D eigenvalue weighted by Gasteiger charge is -2.30. The number of aromatic amines is 1. The first-order chi connectivity index (χ1) is 16.2. The van der Waals surface area contributed by atoms with E-state index in [0.717, 1.165) is 59.7 Å². The lowest BCUT2D eigenvalue weighted by molar-refractivity contribution is -0.135. The number of hydrogen-bond donors (Lipinski definition) is 1. The van der Waals surface area contributed by atoms with E-state index in [4.69, 9.17) is 4.98 Å². The highest BCUT2D eigenvalue weighted by atomic mass is 32.1. The van der Waals surface area contributed by atoms with Crippen LogP contribution in [0.15, 0.2) is 72.8 Å². The van der Waals surface area contributed by atoms with Crippen LogP contribution in [0.4, 0.5) is 0 Å². The first kappa shape index (κ1) is 21.6. The maximum Gasteiger partial charge on any atom is 0.226 e. The number of carbonyl (C=O) groups is 1. The Morgan fingerprint density at radius 3 is 2.73 bits per heavy atom. The Bertz CT molecular complexity index is 1230. The number of allylic oxidation sites excluding steroid dienone is 2. The summed E-state index contributed by atoms with van der Waals surface area (Å²) in [5.41, 5.74) is 4.20. The normalized spacial score (nSPS) is 18.0. The monoisotopic (exact) mass is 456 g/mol. The number of hydrogen-bond acceptors (Lipinski definition) is 4. The third kappa shape index (κ3) is 4.76. The van der Waals surface area contributed by atoms with Gasteiger partial charge in [-0.05, 0) is 43.9 Å². The Morgan fingerprint density at radius 1 is 1.09 bits per heavy atom. The van der Waals surface area contributed by atoms with Crippen molar-refractivity contribution < 1.29 is 4.79 Å². The number of carbonyl (C=O) groups excluding carboxylic acids is 1. The second-order valence-electron chi connectivity index (χ2n) is 8.68. The Morgan fingerprint density at radius 2 is 1.88 bits per heavy atom. The molecule has 6 heteroatoms. The van der Waals surface area contributed by atoms with Gasteiger partial charge >= 0.3 is 0 Å². The molecule has 2 atom stereocenters. The number of H-pyrrole nitrogens is 1. The molecule has 5 rings (SSSR count). The molecule has 2 aromatic carbocycles. The van der Waals surface area contributed by atoms with E-state index in [1.54, 1.807) is 11.3 Å². The SMILES string of the molecule is CN(CCCc1cc(-c2ccccc2)n[nH]1)C(=O)C1CC=CCC1c1nc2ccccc2s1. The van der Waals surface area contributed by atoms with E-state index in [2.05, 4.69) is 52.7 Å². The molecule has 4 aromatic rings. The summed E-state index contributed by atoms with van der Waals surface area (Å²) < 4.78 is 1.19. The van der Waals surface area contributed by atoms with Crippen molar-refractivity contribution in [3.8, 4) is 11.3 Å². The minimum atomic E-state index is -0.0441. The average Bonchev–Trinajstić information content (AvgIpc) is 3.51. The van der Waals surface area contributed by atoms with Crippen molar-refractivity contribution in [3.05, 3.63) is 83.5 Å².